The van der Waals surface area contributed by atoms with Crippen LogP contribution in [0.1, 0.15) is 11.4 Å². The van der Waals surface area contributed by atoms with Crippen LogP contribution in [0, 0.1) is 6.92 Å². The van der Waals surface area contributed by atoms with Gasteiger partial charge in [-0.25, -0.2) is 9.97 Å². The fraction of sp³-hybridized carbons (Fsp3) is 0.200. The van der Waals surface area contributed by atoms with E-state index in [1.807, 2.05) is 26.2 Å². The summed E-state index contributed by atoms with van der Waals surface area (Å²) < 4.78 is 1.69. The highest BCUT2D eigenvalue weighted by Crippen LogP contribution is 2.11. The van der Waals surface area contributed by atoms with Gasteiger partial charge >= 0.3 is 0 Å². The zero-order valence-corrected chi connectivity index (χ0v) is 10.3. The molecule has 2 aromatic heterocycles. The second-order valence-corrected chi connectivity index (χ2v) is 4.02. The topological polar surface area (TPSA) is 81.6 Å². The van der Waals surface area contributed by atoms with Crippen molar-refractivity contribution in [3.05, 3.63) is 29.7 Å². The molecule has 0 atom stereocenters. The Morgan fingerprint density at radius 2 is 2.24 bits per heavy atom. The number of nitrogens with one attached hydrogen (secondary N) is 1. The lowest BCUT2D eigenvalue weighted by Gasteiger charge is -2.05. The van der Waals surface area contributed by atoms with E-state index in [1.165, 1.54) is 0 Å². The van der Waals surface area contributed by atoms with Crippen LogP contribution in [0.5, 0.6) is 0 Å². The Morgan fingerprint density at radius 1 is 1.47 bits per heavy atom. The standard InChI is InChI=1S/C10H12N6S/c1-6-5-7(9(11)17)13-10(12-6)14-8-3-4-16(2)15-8/h3-5H,1-2H3,(H2,11,17)(H,12,13,14,15). The number of hydrogen-bond donors (Lipinski definition) is 2. The predicted molar refractivity (Wildman–Crippen MR) is 69.1 cm³/mol. The third-order valence-corrected chi connectivity index (χ3v) is 2.27. The lowest BCUT2D eigenvalue weighted by molar-refractivity contribution is 0.770. The van der Waals surface area contributed by atoms with E-state index in [0.717, 1.165) is 5.69 Å². The molecule has 2 rings (SSSR count). The Bertz CT molecular complexity index is 562. The van der Waals surface area contributed by atoms with Gasteiger partial charge in [0.2, 0.25) is 5.95 Å². The van der Waals surface area contributed by atoms with E-state index in [1.54, 1.807) is 10.7 Å². The molecule has 17 heavy (non-hydrogen) atoms. The molecule has 2 aromatic rings. The average molecular weight is 248 g/mol. The van der Waals surface area contributed by atoms with Gasteiger partial charge in [0, 0.05) is 25.0 Å². The first-order valence-electron chi connectivity index (χ1n) is 4.97. The van der Waals surface area contributed by atoms with E-state index in [2.05, 4.69) is 20.4 Å². The van der Waals surface area contributed by atoms with E-state index in [9.17, 15) is 0 Å². The van der Waals surface area contributed by atoms with Crippen LogP contribution in [-0.4, -0.2) is 24.7 Å². The van der Waals surface area contributed by atoms with Crippen LogP contribution in [0.3, 0.4) is 0 Å². The highest BCUT2D eigenvalue weighted by Gasteiger charge is 2.05. The molecular weight excluding hydrogens is 236 g/mol. The van der Waals surface area contributed by atoms with Crippen LogP contribution in [0.4, 0.5) is 11.8 Å². The Balaban J connectivity index is 2.29. The van der Waals surface area contributed by atoms with Gasteiger partial charge in [-0.3, -0.25) is 4.68 Å². The van der Waals surface area contributed by atoms with Crippen molar-refractivity contribution in [2.45, 2.75) is 6.92 Å². The van der Waals surface area contributed by atoms with Crippen molar-refractivity contribution in [2.75, 3.05) is 5.32 Å². The predicted octanol–water partition coefficient (Wildman–Crippen LogP) is 0.896. The van der Waals surface area contributed by atoms with Crippen molar-refractivity contribution in [1.82, 2.24) is 19.7 Å². The lowest BCUT2D eigenvalue weighted by Crippen LogP contribution is -2.13. The van der Waals surface area contributed by atoms with E-state index in [0.29, 0.717) is 17.5 Å². The number of nitrogens with two attached hydrogens (primary N) is 1. The molecule has 0 fully saturated rings. The summed E-state index contributed by atoms with van der Waals surface area (Å²) in [6.45, 7) is 1.85. The summed E-state index contributed by atoms with van der Waals surface area (Å²) in [4.78, 5) is 8.68. The monoisotopic (exact) mass is 248 g/mol. The maximum atomic E-state index is 5.54. The SMILES string of the molecule is Cc1cc(C(N)=S)nc(Nc2ccn(C)n2)n1. The van der Waals surface area contributed by atoms with Gasteiger partial charge in [0.15, 0.2) is 5.82 Å². The zero-order chi connectivity index (χ0) is 12.4. The quantitative estimate of drug-likeness (QED) is 0.785. The molecule has 0 aromatic carbocycles. The summed E-state index contributed by atoms with van der Waals surface area (Å²) in [6.07, 6.45) is 1.83. The van der Waals surface area contributed by atoms with Crippen molar-refractivity contribution in [3.63, 3.8) is 0 Å². The molecule has 0 amide bonds. The molecular formula is C10H12N6S. The lowest BCUT2D eigenvalue weighted by atomic mass is 10.3. The van der Waals surface area contributed by atoms with E-state index < -0.39 is 0 Å². The Kier molecular flexibility index (Phi) is 3.01. The minimum Gasteiger partial charge on any atom is -0.388 e. The smallest absolute Gasteiger partial charge is 0.229 e. The van der Waals surface area contributed by atoms with Crippen LogP contribution in [0.15, 0.2) is 18.3 Å². The number of thiocarbonyl (C=S) groups is 1. The van der Waals surface area contributed by atoms with Gasteiger partial charge < -0.3 is 11.1 Å². The summed E-state index contributed by atoms with van der Waals surface area (Å²) in [5, 5.41) is 7.16. The first kappa shape index (κ1) is 11.5. The minimum atomic E-state index is 0.250. The van der Waals surface area contributed by atoms with Crippen LogP contribution < -0.4 is 11.1 Å². The molecule has 0 aliphatic heterocycles. The molecule has 0 unspecified atom stereocenters. The number of nitrogens with zero attached hydrogens (tertiary/aromatic N) is 4. The molecule has 88 valence electrons. The maximum absolute atomic E-state index is 5.54. The van der Waals surface area contributed by atoms with Gasteiger partial charge in [-0.2, -0.15) is 5.10 Å². The number of anilines is 2. The van der Waals surface area contributed by atoms with Gasteiger partial charge in [0.05, 0.1) is 0 Å². The van der Waals surface area contributed by atoms with Crippen LogP contribution in [-0.2, 0) is 7.05 Å². The summed E-state index contributed by atoms with van der Waals surface area (Å²) in [6, 6.07) is 3.57. The van der Waals surface area contributed by atoms with Gasteiger partial charge in [0.25, 0.3) is 0 Å². The van der Waals surface area contributed by atoms with Crippen molar-refractivity contribution in [2.24, 2.45) is 12.8 Å². The molecule has 2 heterocycles. The third kappa shape index (κ3) is 2.76. The molecule has 0 aliphatic rings. The largest absolute Gasteiger partial charge is 0.388 e. The van der Waals surface area contributed by atoms with Gasteiger partial charge in [-0.05, 0) is 13.0 Å². The molecule has 6 nitrogen and oxygen atoms in total. The Morgan fingerprint density at radius 3 is 2.82 bits per heavy atom. The van der Waals surface area contributed by atoms with Crippen molar-refractivity contribution >= 4 is 29.0 Å². The summed E-state index contributed by atoms with van der Waals surface area (Å²) in [5.74, 6) is 1.11. The number of aryl methyl sites for hydroxylation is 2. The van der Waals surface area contributed by atoms with E-state index in [-0.39, 0.29) is 4.99 Å². The molecule has 7 heteroatoms. The van der Waals surface area contributed by atoms with E-state index in [4.69, 9.17) is 18.0 Å². The summed E-state index contributed by atoms with van der Waals surface area (Å²) in [5.41, 5.74) is 6.88. The zero-order valence-electron chi connectivity index (χ0n) is 9.51. The number of aromatic nitrogens is 4. The Hall–Kier alpha value is -2.02. The maximum Gasteiger partial charge on any atom is 0.229 e. The van der Waals surface area contributed by atoms with Gasteiger partial charge in [-0.15, -0.1) is 0 Å². The first-order chi connectivity index (χ1) is 8.04. The molecule has 3 N–H and O–H groups in total. The Labute approximate surface area is 104 Å². The molecule has 0 saturated heterocycles. The van der Waals surface area contributed by atoms with Crippen molar-refractivity contribution < 1.29 is 0 Å². The van der Waals surface area contributed by atoms with Crippen LogP contribution >= 0.6 is 12.2 Å². The number of rotatable bonds is 3. The normalized spacial score (nSPS) is 10.2. The summed E-state index contributed by atoms with van der Waals surface area (Å²) in [7, 11) is 1.84. The van der Waals surface area contributed by atoms with E-state index >= 15 is 0 Å². The number of hydrogen-bond acceptors (Lipinski definition) is 5. The molecule has 0 saturated carbocycles. The molecule has 0 bridgehead atoms. The van der Waals surface area contributed by atoms with Gasteiger partial charge in [-0.1, -0.05) is 12.2 Å². The second kappa shape index (κ2) is 4.46. The summed E-state index contributed by atoms with van der Waals surface area (Å²) >= 11 is 4.89. The van der Waals surface area contributed by atoms with Gasteiger partial charge in [0.1, 0.15) is 10.7 Å². The molecule has 0 spiro atoms. The fourth-order valence-electron chi connectivity index (χ4n) is 1.35. The van der Waals surface area contributed by atoms with Crippen molar-refractivity contribution in [1.29, 1.82) is 0 Å². The highest BCUT2D eigenvalue weighted by atomic mass is 32.1. The van der Waals surface area contributed by atoms with Crippen LogP contribution in [0.2, 0.25) is 0 Å². The van der Waals surface area contributed by atoms with Crippen LogP contribution in [0.25, 0.3) is 0 Å². The minimum absolute atomic E-state index is 0.250. The average Bonchev–Trinajstić information content (AvgIpc) is 2.63. The third-order valence-electron chi connectivity index (χ3n) is 2.06. The van der Waals surface area contributed by atoms with Crippen molar-refractivity contribution in [3.8, 4) is 0 Å². The first-order valence-corrected chi connectivity index (χ1v) is 5.37. The second-order valence-electron chi connectivity index (χ2n) is 3.58. The highest BCUT2D eigenvalue weighted by molar-refractivity contribution is 7.80. The fourth-order valence-corrected chi connectivity index (χ4v) is 1.45. The molecule has 0 aliphatic carbocycles. The molecule has 0 radical (unpaired) electrons.